The lowest BCUT2D eigenvalue weighted by Gasteiger charge is -2.04. The molecule has 0 atom stereocenters. The van der Waals surface area contributed by atoms with E-state index in [1.807, 2.05) is 13.0 Å². The minimum atomic E-state index is 0.849. The van der Waals surface area contributed by atoms with Crippen LogP contribution in [0.1, 0.15) is 23.6 Å². The fraction of sp³-hybridized carbons (Fsp3) is 0.273. The van der Waals surface area contributed by atoms with Gasteiger partial charge in [0.1, 0.15) is 0 Å². The molecule has 64 valence electrons. The summed E-state index contributed by atoms with van der Waals surface area (Å²) in [5.74, 6) is 0. The summed E-state index contributed by atoms with van der Waals surface area (Å²) in [6.45, 7) is 6.12. The van der Waals surface area contributed by atoms with E-state index >= 15 is 0 Å². The molecular weight excluding hydrogens is 146 g/mol. The topological polar surface area (TPSA) is 26.0 Å². The molecule has 0 radical (unpaired) electrons. The molecule has 0 unspecified atom stereocenters. The van der Waals surface area contributed by atoms with Crippen molar-refractivity contribution in [3.8, 4) is 0 Å². The standard InChI is InChI=1S/C11H15N/c1-4-11(12)10-6-8(2)5-9(3)7-10/h4-7H,12H2,1-3H3/b11-4-. The second kappa shape index (κ2) is 3.44. The Bertz CT molecular complexity index is 291. The Morgan fingerprint density at radius 3 is 2.08 bits per heavy atom. The lowest BCUT2D eigenvalue weighted by molar-refractivity contribution is 1.35. The predicted molar refractivity (Wildman–Crippen MR) is 53.8 cm³/mol. The molecule has 0 saturated carbocycles. The SMILES string of the molecule is C/C=C(\N)c1cc(C)cc(C)c1. The quantitative estimate of drug-likeness (QED) is 0.673. The van der Waals surface area contributed by atoms with E-state index in [1.165, 1.54) is 11.1 Å². The van der Waals surface area contributed by atoms with Crippen molar-refractivity contribution >= 4 is 5.70 Å². The number of benzene rings is 1. The van der Waals surface area contributed by atoms with Crippen LogP contribution in [0.25, 0.3) is 5.70 Å². The zero-order valence-corrected chi connectivity index (χ0v) is 7.89. The van der Waals surface area contributed by atoms with Crippen molar-refractivity contribution in [3.05, 3.63) is 41.0 Å². The van der Waals surface area contributed by atoms with Gasteiger partial charge in [0, 0.05) is 5.70 Å². The highest BCUT2D eigenvalue weighted by Crippen LogP contribution is 2.13. The van der Waals surface area contributed by atoms with Crippen LogP contribution >= 0.6 is 0 Å². The monoisotopic (exact) mass is 161 g/mol. The van der Waals surface area contributed by atoms with Crippen molar-refractivity contribution < 1.29 is 0 Å². The van der Waals surface area contributed by atoms with Crippen molar-refractivity contribution in [3.63, 3.8) is 0 Å². The highest BCUT2D eigenvalue weighted by Gasteiger charge is 1.96. The Balaban J connectivity index is 3.17. The molecule has 12 heavy (non-hydrogen) atoms. The minimum Gasteiger partial charge on any atom is -0.399 e. The number of aryl methyl sites for hydroxylation is 2. The molecule has 1 nitrogen and oxygen atoms in total. The predicted octanol–water partition coefficient (Wildman–Crippen LogP) is 2.62. The van der Waals surface area contributed by atoms with Gasteiger partial charge in [-0.2, -0.15) is 0 Å². The van der Waals surface area contributed by atoms with Gasteiger partial charge in [0.05, 0.1) is 0 Å². The molecule has 1 rings (SSSR count). The number of rotatable bonds is 1. The Kier molecular flexibility index (Phi) is 2.54. The van der Waals surface area contributed by atoms with Crippen molar-refractivity contribution in [2.24, 2.45) is 5.73 Å². The van der Waals surface area contributed by atoms with E-state index in [2.05, 4.69) is 32.0 Å². The van der Waals surface area contributed by atoms with Crippen molar-refractivity contribution in [1.82, 2.24) is 0 Å². The number of hydrogen-bond acceptors (Lipinski definition) is 1. The summed E-state index contributed by atoms with van der Waals surface area (Å²) >= 11 is 0. The van der Waals surface area contributed by atoms with Gasteiger partial charge in [0.25, 0.3) is 0 Å². The number of nitrogens with two attached hydrogens (primary N) is 1. The van der Waals surface area contributed by atoms with Gasteiger partial charge >= 0.3 is 0 Å². The van der Waals surface area contributed by atoms with E-state index in [4.69, 9.17) is 5.73 Å². The molecule has 0 aliphatic heterocycles. The Labute approximate surface area is 73.9 Å². The van der Waals surface area contributed by atoms with E-state index in [-0.39, 0.29) is 0 Å². The lowest BCUT2D eigenvalue weighted by Crippen LogP contribution is -1.96. The Hall–Kier alpha value is -1.24. The third-order valence-corrected chi connectivity index (χ3v) is 1.87. The molecule has 1 heteroatoms. The maximum absolute atomic E-state index is 5.79. The molecule has 1 aromatic rings. The summed E-state index contributed by atoms with van der Waals surface area (Å²) in [6, 6.07) is 6.34. The molecule has 0 bridgehead atoms. The lowest BCUT2D eigenvalue weighted by atomic mass is 10.1. The van der Waals surface area contributed by atoms with Gasteiger partial charge in [0.2, 0.25) is 0 Å². The zero-order chi connectivity index (χ0) is 9.14. The Morgan fingerprint density at radius 1 is 1.17 bits per heavy atom. The van der Waals surface area contributed by atoms with Crippen LogP contribution in [0.3, 0.4) is 0 Å². The normalized spacial score (nSPS) is 11.8. The van der Waals surface area contributed by atoms with Crippen molar-refractivity contribution in [2.45, 2.75) is 20.8 Å². The van der Waals surface area contributed by atoms with E-state index in [0.29, 0.717) is 0 Å². The van der Waals surface area contributed by atoms with Gasteiger partial charge in [-0.1, -0.05) is 23.3 Å². The minimum absolute atomic E-state index is 0.849. The molecular formula is C11H15N. The molecule has 0 fully saturated rings. The maximum atomic E-state index is 5.79. The average molecular weight is 161 g/mol. The van der Waals surface area contributed by atoms with Crippen LogP contribution in [-0.2, 0) is 0 Å². The molecule has 0 heterocycles. The first-order valence-corrected chi connectivity index (χ1v) is 4.14. The number of allylic oxidation sites excluding steroid dienone is 1. The molecule has 0 amide bonds. The van der Waals surface area contributed by atoms with Crippen LogP contribution in [0.2, 0.25) is 0 Å². The van der Waals surface area contributed by atoms with Gasteiger partial charge in [0.15, 0.2) is 0 Å². The summed E-state index contributed by atoms with van der Waals surface area (Å²) in [5, 5.41) is 0. The second-order valence-electron chi connectivity index (χ2n) is 3.12. The summed E-state index contributed by atoms with van der Waals surface area (Å²) < 4.78 is 0. The second-order valence-corrected chi connectivity index (χ2v) is 3.12. The summed E-state index contributed by atoms with van der Waals surface area (Å²) in [4.78, 5) is 0. The molecule has 0 aliphatic carbocycles. The van der Waals surface area contributed by atoms with Gasteiger partial charge in [-0.15, -0.1) is 0 Å². The smallest absolute Gasteiger partial charge is 0.0344 e. The fourth-order valence-corrected chi connectivity index (χ4v) is 1.31. The summed E-state index contributed by atoms with van der Waals surface area (Å²) in [6.07, 6.45) is 1.92. The van der Waals surface area contributed by atoms with Crippen LogP contribution in [-0.4, -0.2) is 0 Å². The van der Waals surface area contributed by atoms with Crippen molar-refractivity contribution in [2.75, 3.05) is 0 Å². The Morgan fingerprint density at radius 2 is 1.67 bits per heavy atom. The molecule has 0 spiro atoms. The molecule has 1 aromatic carbocycles. The van der Waals surface area contributed by atoms with Crippen LogP contribution in [0.15, 0.2) is 24.3 Å². The van der Waals surface area contributed by atoms with E-state index in [9.17, 15) is 0 Å². The first-order valence-electron chi connectivity index (χ1n) is 4.14. The zero-order valence-electron chi connectivity index (χ0n) is 7.89. The van der Waals surface area contributed by atoms with Crippen LogP contribution in [0, 0.1) is 13.8 Å². The van der Waals surface area contributed by atoms with Crippen LogP contribution in [0.4, 0.5) is 0 Å². The molecule has 0 saturated heterocycles. The van der Waals surface area contributed by atoms with Gasteiger partial charge in [-0.25, -0.2) is 0 Å². The van der Waals surface area contributed by atoms with Gasteiger partial charge in [-0.3, -0.25) is 0 Å². The van der Waals surface area contributed by atoms with Crippen LogP contribution in [0.5, 0.6) is 0 Å². The molecule has 0 aliphatic rings. The van der Waals surface area contributed by atoms with E-state index in [1.54, 1.807) is 0 Å². The van der Waals surface area contributed by atoms with E-state index in [0.717, 1.165) is 11.3 Å². The fourth-order valence-electron chi connectivity index (χ4n) is 1.31. The molecule has 0 aromatic heterocycles. The third-order valence-electron chi connectivity index (χ3n) is 1.87. The van der Waals surface area contributed by atoms with Crippen molar-refractivity contribution in [1.29, 1.82) is 0 Å². The average Bonchev–Trinajstić information content (AvgIpc) is 2.01. The highest BCUT2D eigenvalue weighted by atomic mass is 14.6. The molecule has 2 N–H and O–H groups in total. The largest absolute Gasteiger partial charge is 0.399 e. The highest BCUT2D eigenvalue weighted by molar-refractivity contribution is 5.63. The third kappa shape index (κ3) is 1.88. The van der Waals surface area contributed by atoms with Crippen LogP contribution < -0.4 is 5.73 Å². The first kappa shape index (κ1) is 8.85. The maximum Gasteiger partial charge on any atom is 0.0344 e. The van der Waals surface area contributed by atoms with Gasteiger partial charge < -0.3 is 5.73 Å². The van der Waals surface area contributed by atoms with E-state index < -0.39 is 0 Å². The number of hydrogen-bond donors (Lipinski definition) is 1. The summed E-state index contributed by atoms with van der Waals surface area (Å²) in [7, 11) is 0. The van der Waals surface area contributed by atoms with Gasteiger partial charge in [-0.05, 0) is 38.5 Å². The summed E-state index contributed by atoms with van der Waals surface area (Å²) in [5.41, 5.74) is 10.3. The first-order chi connectivity index (χ1) is 5.63.